The lowest BCUT2D eigenvalue weighted by Gasteiger charge is -2.23. The van der Waals surface area contributed by atoms with Crippen LogP contribution in [-0.2, 0) is 9.53 Å². The number of carbonyl (C=O) groups is 1. The van der Waals surface area contributed by atoms with Gasteiger partial charge in [0, 0.05) is 19.6 Å². The number of carbonyl (C=O) groups excluding carboxylic acids is 1. The second-order valence-corrected chi connectivity index (χ2v) is 2.74. The number of amides is 1. The number of alkyl halides is 2. The fraction of sp³-hybridized carbons (Fsp3) is 0.857. The van der Waals surface area contributed by atoms with Crippen molar-refractivity contribution >= 4 is 5.91 Å². The van der Waals surface area contributed by atoms with Crippen molar-refractivity contribution in [1.82, 2.24) is 10.6 Å². The SMILES string of the molecule is O=C(NCC1CNCCO1)C(F)F. The number of morpholine rings is 1. The van der Waals surface area contributed by atoms with Crippen molar-refractivity contribution in [2.24, 2.45) is 0 Å². The summed E-state index contributed by atoms with van der Waals surface area (Å²) < 4.78 is 28.6. The number of nitrogens with one attached hydrogen (secondary N) is 2. The van der Waals surface area contributed by atoms with Crippen LogP contribution in [0.5, 0.6) is 0 Å². The largest absolute Gasteiger partial charge is 0.374 e. The van der Waals surface area contributed by atoms with Crippen LogP contribution in [0.2, 0.25) is 0 Å². The molecule has 1 unspecified atom stereocenters. The number of hydrogen-bond acceptors (Lipinski definition) is 3. The molecule has 1 aliphatic heterocycles. The third-order valence-corrected chi connectivity index (χ3v) is 1.71. The smallest absolute Gasteiger partial charge is 0.315 e. The van der Waals surface area contributed by atoms with Crippen molar-refractivity contribution < 1.29 is 18.3 Å². The van der Waals surface area contributed by atoms with Crippen molar-refractivity contribution in [1.29, 1.82) is 0 Å². The first-order chi connectivity index (χ1) is 6.20. The van der Waals surface area contributed by atoms with E-state index in [0.717, 1.165) is 6.54 Å². The Labute approximate surface area is 74.6 Å². The molecule has 4 nitrogen and oxygen atoms in total. The molecule has 13 heavy (non-hydrogen) atoms. The molecule has 0 aliphatic carbocycles. The predicted octanol–water partition coefficient (Wildman–Crippen LogP) is -0.644. The average Bonchev–Trinajstić information content (AvgIpc) is 2.15. The molecule has 0 saturated carbocycles. The van der Waals surface area contributed by atoms with Crippen molar-refractivity contribution in [3.63, 3.8) is 0 Å². The highest BCUT2D eigenvalue weighted by molar-refractivity contribution is 5.79. The summed E-state index contributed by atoms with van der Waals surface area (Å²) in [5, 5.41) is 5.12. The minimum Gasteiger partial charge on any atom is -0.374 e. The van der Waals surface area contributed by atoms with Gasteiger partial charge in [-0.05, 0) is 0 Å². The van der Waals surface area contributed by atoms with Gasteiger partial charge in [0.15, 0.2) is 0 Å². The maximum Gasteiger partial charge on any atom is 0.315 e. The Balaban J connectivity index is 2.13. The van der Waals surface area contributed by atoms with E-state index < -0.39 is 12.3 Å². The first-order valence-electron chi connectivity index (χ1n) is 4.08. The maximum absolute atomic E-state index is 11.7. The lowest BCUT2D eigenvalue weighted by molar-refractivity contribution is -0.132. The highest BCUT2D eigenvalue weighted by Crippen LogP contribution is 1.95. The van der Waals surface area contributed by atoms with E-state index in [1.165, 1.54) is 0 Å². The Kier molecular flexibility index (Phi) is 4.04. The summed E-state index contributed by atoms with van der Waals surface area (Å²) in [6, 6.07) is 0. The number of hydrogen-bond donors (Lipinski definition) is 2. The Bertz CT molecular complexity index is 172. The molecule has 1 fully saturated rings. The van der Waals surface area contributed by atoms with Crippen molar-refractivity contribution in [3.8, 4) is 0 Å². The summed E-state index contributed by atoms with van der Waals surface area (Å²) in [7, 11) is 0. The Hall–Kier alpha value is -0.750. The molecule has 1 atom stereocenters. The third-order valence-electron chi connectivity index (χ3n) is 1.71. The van der Waals surface area contributed by atoms with Crippen LogP contribution in [0.4, 0.5) is 8.78 Å². The van der Waals surface area contributed by atoms with E-state index >= 15 is 0 Å². The Morgan fingerprint density at radius 3 is 3.00 bits per heavy atom. The summed E-state index contributed by atoms with van der Waals surface area (Å²) in [4.78, 5) is 10.4. The van der Waals surface area contributed by atoms with E-state index in [1.807, 2.05) is 0 Å². The van der Waals surface area contributed by atoms with Crippen LogP contribution in [0, 0.1) is 0 Å². The van der Waals surface area contributed by atoms with Crippen molar-refractivity contribution in [2.75, 3.05) is 26.2 Å². The maximum atomic E-state index is 11.7. The van der Waals surface area contributed by atoms with Crippen LogP contribution in [0.15, 0.2) is 0 Å². The highest BCUT2D eigenvalue weighted by Gasteiger charge is 2.18. The molecule has 0 aromatic rings. The molecule has 6 heteroatoms. The molecule has 76 valence electrons. The van der Waals surface area contributed by atoms with Crippen LogP contribution < -0.4 is 10.6 Å². The third kappa shape index (κ3) is 3.65. The zero-order chi connectivity index (χ0) is 9.68. The van der Waals surface area contributed by atoms with Crippen LogP contribution in [0.25, 0.3) is 0 Å². The number of halogens is 2. The van der Waals surface area contributed by atoms with Crippen molar-refractivity contribution in [2.45, 2.75) is 12.5 Å². The predicted molar refractivity (Wildman–Crippen MR) is 41.6 cm³/mol. The Morgan fingerprint density at radius 1 is 1.69 bits per heavy atom. The minimum absolute atomic E-state index is 0.135. The molecule has 0 radical (unpaired) electrons. The molecular weight excluding hydrogens is 182 g/mol. The molecule has 2 N–H and O–H groups in total. The molecule has 1 heterocycles. The summed E-state index contributed by atoms with van der Waals surface area (Å²) in [6.07, 6.45) is -3.15. The number of ether oxygens (including phenoxy) is 1. The molecule has 1 rings (SSSR count). The summed E-state index contributed by atoms with van der Waals surface area (Å²) in [5.74, 6) is -1.24. The van der Waals surface area contributed by atoms with E-state index in [4.69, 9.17) is 4.74 Å². The monoisotopic (exact) mass is 194 g/mol. The first kappa shape index (κ1) is 10.3. The zero-order valence-electron chi connectivity index (χ0n) is 7.06. The second-order valence-electron chi connectivity index (χ2n) is 2.74. The molecular formula is C7H12F2N2O2. The van der Waals surface area contributed by atoms with Gasteiger partial charge in [0.05, 0.1) is 12.7 Å². The fourth-order valence-corrected chi connectivity index (χ4v) is 1.04. The molecule has 1 amide bonds. The van der Waals surface area contributed by atoms with Crippen LogP contribution >= 0.6 is 0 Å². The molecule has 0 aromatic heterocycles. The molecule has 0 spiro atoms. The van der Waals surface area contributed by atoms with Gasteiger partial charge in [-0.2, -0.15) is 8.78 Å². The second kappa shape index (κ2) is 5.08. The van der Waals surface area contributed by atoms with E-state index in [0.29, 0.717) is 13.2 Å². The first-order valence-corrected chi connectivity index (χ1v) is 4.08. The Morgan fingerprint density at radius 2 is 2.46 bits per heavy atom. The molecule has 0 bridgehead atoms. The average molecular weight is 194 g/mol. The summed E-state index contributed by atoms with van der Waals surface area (Å²) in [6.45, 7) is 2.04. The summed E-state index contributed by atoms with van der Waals surface area (Å²) >= 11 is 0. The van der Waals surface area contributed by atoms with Gasteiger partial charge >= 0.3 is 6.43 Å². The van der Waals surface area contributed by atoms with Gasteiger partial charge in [0.2, 0.25) is 0 Å². The summed E-state index contributed by atoms with van der Waals surface area (Å²) in [5.41, 5.74) is 0. The standard InChI is InChI=1S/C7H12F2N2O2/c8-6(9)7(12)11-4-5-3-10-1-2-13-5/h5-6,10H,1-4H2,(H,11,12). The van der Waals surface area contributed by atoms with E-state index in [9.17, 15) is 13.6 Å². The number of rotatable bonds is 3. The van der Waals surface area contributed by atoms with Gasteiger partial charge in [-0.1, -0.05) is 0 Å². The van der Waals surface area contributed by atoms with E-state index in [1.54, 1.807) is 0 Å². The van der Waals surface area contributed by atoms with Gasteiger partial charge < -0.3 is 15.4 Å². The van der Waals surface area contributed by atoms with Gasteiger partial charge in [0.25, 0.3) is 5.91 Å². The van der Waals surface area contributed by atoms with Gasteiger partial charge in [-0.25, -0.2) is 0 Å². The molecule has 1 saturated heterocycles. The van der Waals surface area contributed by atoms with Crippen LogP contribution in [-0.4, -0.2) is 44.7 Å². The topological polar surface area (TPSA) is 50.4 Å². The highest BCUT2D eigenvalue weighted by atomic mass is 19.3. The van der Waals surface area contributed by atoms with Gasteiger partial charge in [-0.3, -0.25) is 4.79 Å². The normalized spacial score (nSPS) is 23.2. The minimum atomic E-state index is -2.95. The molecule has 1 aliphatic rings. The molecule has 0 aromatic carbocycles. The lowest BCUT2D eigenvalue weighted by Crippen LogP contribution is -2.46. The quantitative estimate of drug-likeness (QED) is 0.628. The van der Waals surface area contributed by atoms with Crippen molar-refractivity contribution in [3.05, 3.63) is 0 Å². The van der Waals surface area contributed by atoms with Gasteiger partial charge in [-0.15, -0.1) is 0 Å². The zero-order valence-corrected chi connectivity index (χ0v) is 7.06. The van der Waals surface area contributed by atoms with E-state index in [2.05, 4.69) is 10.6 Å². The fourth-order valence-electron chi connectivity index (χ4n) is 1.04. The van der Waals surface area contributed by atoms with E-state index in [-0.39, 0.29) is 12.6 Å². The lowest BCUT2D eigenvalue weighted by atomic mass is 10.3. The van der Waals surface area contributed by atoms with Crippen LogP contribution in [0.3, 0.4) is 0 Å². The van der Waals surface area contributed by atoms with Crippen LogP contribution in [0.1, 0.15) is 0 Å². The van der Waals surface area contributed by atoms with Gasteiger partial charge in [0.1, 0.15) is 0 Å².